The molecule has 60 heavy (non-hydrogen) atoms. The Bertz CT molecular complexity index is 2120. The first kappa shape index (κ1) is 41.9. The molecule has 5 aliphatic heterocycles. The summed E-state index contributed by atoms with van der Waals surface area (Å²) in [6, 6.07) is 53.9. The Kier molecular flexibility index (Phi) is 12.5. The zero-order valence-corrected chi connectivity index (χ0v) is 42.0. The molecule has 11 rings (SSSR count). The van der Waals surface area contributed by atoms with E-state index >= 15 is 0 Å². The number of benzene rings is 6. The summed E-state index contributed by atoms with van der Waals surface area (Å²) in [5.74, 6) is 0. The molecule has 6 bridgehead atoms. The Hall–Kier alpha value is -2.04. The molecule has 0 unspecified atom stereocenters. The van der Waals surface area contributed by atoms with E-state index in [0.717, 1.165) is 66.1 Å². The Morgan fingerprint density at radius 2 is 0.333 bits per heavy atom. The van der Waals surface area contributed by atoms with E-state index in [1.807, 2.05) is 0 Å². The van der Waals surface area contributed by atoms with Gasteiger partial charge < -0.3 is 0 Å². The summed E-state index contributed by atoms with van der Waals surface area (Å²) in [5, 5.41) is 0. The van der Waals surface area contributed by atoms with Gasteiger partial charge in [0.15, 0.2) is 0 Å². The largest absolute Gasteiger partial charge is 0.262 e. The lowest BCUT2D eigenvalue weighted by atomic mass is 10.0. The molecule has 0 atom stereocenters. The van der Waals surface area contributed by atoms with Crippen LogP contribution in [0.1, 0.15) is 33.4 Å². The zero-order chi connectivity index (χ0) is 41.1. The number of halogens is 6. The van der Waals surface area contributed by atoms with Crippen molar-refractivity contribution in [2.45, 2.75) is 76.3 Å². The summed E-state index contributed by atoms with van der Waals surface area (Å²) in [6.45, 7) is 4.95. The third-order valence-electron chi connectivity index (χ3n) is 12.5. The van der Waals surface area contributed by atoms with Crippen molar-refractivity contribution in [3.63, 3.8) is 0 Å². The van der Waals surface area contributed by atoms with Crippen molar-refractivity contribution in [2.24, 2.45) is 0 Å². The van der Waals surface area contributed by atoms with E-state index in [1.54, 1.807) is 0 Å². The van der Waals surface area contributed by atoms with Crippen LogP contribution in [0.2, 0.25) is 0 Å². The van der Waals surface area contributed by atoms with Gasteiger partial charge in [-0.1, -0.05) is 168 Å². The fourth-order valence-corrected chi connectivity index (χ4v) is 11.6. The monoisotopic (exact) mass is 1180 g/mol. The van der Waals surface area contributed by atoms with E-state index in [4.69, 9.17) is 0 Å². The molecular weight excluding hydrogens is 1140 g/mol. The third kappa shape index (κ3) is 8.39. The fraction of sp³-hybridized carbons (Fsp3) is 0.250. The van der Waals surface area contributed by atoms with Gasteiger partial charge in [-0.05, 0) is 106 Å². The highest BCUT2D eigenvalue weighted by molar-refractivity contribution is 9.11. The molecule has 0 radical (unpaired) electrons. The number of piperazine rings is 1. The van der Waals surface area contributed by atoms with Gasteiger partial charge in [0.1, 0.15) is 0 Å². The molecule has 0 amide bonds. The van der Waals surface area contributed by atoms with Gasteiger partial charge in [-0.2, -0.15) is 0 Å². The minimum Gasteiger partial charge on any atom is -0.262 e. The topological polar surface area (TPSA) is 19.4 Å². The lowest BCUT2D eigenvalue weighted by Gasteiger charge is -2.56. The molecule has 0 aromatic heterocycles. The molecule has 0 saturated carbocycles. The lowest BCUT2D eigenvalue weighted by Crippen LogP contribution is -2.73. The van der Waals surface area contributed by atoms with Gasteiger partial charge in [-0.15, -0.1) is 0 Å². The molecule has 6 aromatic carbocycles. The van der Waals surface area contributed by atoms with E-state index in [1.165, 1.54) is 33.4 Å². The highest BCUT2D eigenvalue weighted by Gasteiger charge is 2.71. The summed E-state index contributed by atoms with van der Waals surface area (Å²) in [4.78, 5) is 17.2. The standard InChI is InChI=1S/C48H42Br6N6/c49-37-13-1-31(2-14-37)25-55-43-45-56(26-32-3-15-38(50)16-4-32)46-44(55)58(28-34-7-19-40(52)20-8-34)48(60(46)30-36-11-23-42(54)24-12-36)47(57(43)27-33-5-17-39(51)18-6-33)59(45)29-35-9-21-41(53)22-10-35/h1-24,43-48H,25-30H2. The van der Waals surface area contributed by atoms with E-state index < -0.39 is 0 Å². The van der Waals surface area contributed by atoms with Crippen LogP contribution in [-0.4, -0.2) is 66.4 Å². The number of nitrogens with zero attached hydrogens (tertiary/aromatic N) is 6. The van der Waals surface area contributed by atoms with Gasteiger partial charge >= 0.3 is 0 Å². The first-order valence-corrected chi connectivity index (χ1v) is 24.9. The number of hydrogen-bond donors (Lipinski definition) is 0. The fourth-order valence-electron chi connectivity index (χ4n) is 10.1. The highest BCUT2D eigenvalue weighted by atomic mass is 79.9. The van der Waals surface area contributed by atoms with Gasteiger partial charge in [-0.25, -0.2) is 0 Å². The van der Waals surface area contributed by atoms with Crippen molar-refractivity contribution in [3.8, 4) is 0 Å². The second kappa shape index (κ2) is 17.9. The Labute approximate surface area is 403 Å². The lowest BCUT2D eigenvalue weighted by molar-refractivity contribution is -0.166. The maximum absolute atomic E-state index is 3.73. The minimum atomic E-state index is 0.0653. The van der Waals surface area contributed by atoms with Gasteiger partial charge in [-0.3, -0.25) is 29.4 Å². The van der Waals surface area contributed by atoms with Gasteiger partial charge in [0, 0.05) is 66.1 Å². The van der Waals surface area contributed by atoms with Crippen molar-refractivity contribution in [3.05, 3.63) is 206 Å². The second-order valence-electron chi connectivity index (χ2n) is 16.3. The van der Waals surface area contributed by atoms with Crippen molar-refractivity contribution in [1.82, 2.24) is 29.4 Å². The van der Waals surface area contributed by atoms with Crippen LogP contribution in [0.4, 0.5) is 0 Å². The average molecular weight is 1180 g/mol. The van der Waals surface area contributed by atoms with E-state index in [2.05, 4.69) is 271 Å². The molecule has 306 valence electrons. The van der Waals surface area contributed by atoms with E-state index in [0.29, 0.717) is 0 Å². The molecule has 0 spiro atoms. The molecule has 5 heterocycles. The van der Waals surface area contributed by atoms with E-state index in [-0.39, 0.29) is 37.0 Å². The van der Waals surface area contributed by atoms with Crippen LogP contribution in [0.5, 0.6) is 0 Å². The van der Waals surface area contributed by atoms with Crippen LogP contribution < -0.4 is 0 Å². The average Bonchev–Trinajstić information content (AvgIpc) is 3.67. The predicted molar refractivity (Wildman–Crippen MR) is 261 cm³/mol. The first-order chi connectivity index (χ1) is 29.2. The summed E-state index contributed by atoms with van der Waals surface area (Å²) in [6.07, 6.45) is 0.526. The van der Waals surface area contributed by atoms with Crippen molar-refractivity contribution in [1.29, 1.82) is 0 Å². The van der Waals surface area contributed by atoms with Crippen molar-refractivity contribution >= 4 is 95.6 Å². The molecule has 6 aromatic rings. The minimum absolute atomic E-state index is 0.0653. The third-order valence-corrected chi connectivity index (χ3v) is 15.7. The molecule has 0 aliphatic carbocycles. The Morgan fingerprint density at radius 3 is 0.450 bits per heavy atom. The van der Waals surface area contributed by atoms with Crippen LogP contribution in [0, 0.1) is 0 Å². The molecule has 5 saturated heterocycles. The second-order valence-corrected chi connectivity index (χ2v) is 21.8. The maximum Gasteiger partial charge on any atom is 0.0955 e. The van der Waals surface area contributed by atoms with Crippen LogP contribution >= 0.6 is 95.6 Å². The molecule has 5 fully saturated rings. The summed E-state index contributed by atoms with van der Waals surface area (Å²) < 4.78 is 6.59. The van der Waals surface area contributed by atoms with Gasteiger partial charge in [0.05, 0.1) is 37.0 Å². The van der Waals surface area contributed by atoms with Crippen molar-refractivity contribution in [2.75, 3.05) is 0 Å². The molecule has 0 N–H and O–H groups in total. The first-order valence-electron chi connectivity index (χ1n) is 20.2. The molecule has 5 aliphatic rings. The Balaban J connectivity index is 1.21. The van der Waals surface area contributed by atoms with Crippen LogP contribution in [0.3, 0.4) is 0 Å². The van der Waals surface area contributed by atoms with Gasteiger partial charge in [0.2, 0.25) is 0 Å². The SMILES string of the molecule is Brc1ccc(CN2C3C4N(Cc5ccc(Br)cc5)C2C2N(Cc5ccc(Br)cc5)C(C(N2Cc2ccc(Br)cc2)N4Cc2ccc(Br)cc2)N3Cc2ccc(Br)cc2)cc1. The van der Waals surface area contributed by atoms with Crippen LogP contribution in [0.25, 0.3) is 0 Å². The molecular formula is C48H42Br6N6. The van der Waals surface area contributed by atoms with E-state index in [9.17, 15) is 0 Å². The van der Waals surface area contributed by atoms with Crippen molar-refractivity contribution < 1.29 is 0 Å². The van der Waals surface area contributed by atoms with Crippen LogP contribution in [0.15, 0.2) is 172 Å². The summed E-state index contributed by atoms with van der Waals surface area (Å²) in [7, 11) is 0. The highest BCUT2D eigenvalue weighted by Crippen LogP contribution is 2.54. The number of rotatable bonds is 12. The number of hydrogen-bond acceptors (Lipinski definition) is 6. The zero-order valence-electron chi connectivity index (χ0n) is 32.5. The molecule has 6 nitrogen and oxygen atoms in total. The summed E-state index contributed by atoms with van der Waals surface area (Å²) in [5.41, 5.74) is 7.89. The smallest absolute Gasteiger partial charge is 0.0955 e. The van der Waals surface area contributed by atoms with Crippen LogP contribution in [-0.2, 0) is 39.3 Å². The summed E-state index contributed by atoms with van der Waals surface area (Å²) >= 11 is 22.4. The maximum atomic E-state index is 3.73. The van der Waals surface area contributed by atoms with Gasteiger partial charge in [0.25, 0.3) is 0 Å². The Morgan fingerprint density at radius 1 is 0.217 bits per heavy atom. The molecule has 12 heteroatoms. The normalized spacial score (nSPS) is 24.5. The quantitative estimate of drug-likeness (QED) is 0.121. The predicted octanol–water partition coefficient (Wildman–Crippen LogP) is 12.6.